The number of nitrogens with zero attached hydrogens (tertiary/aromatic N) is 4. The van der Waals surface area contributed by atoms with Crippen molar-refractivity contribution in [2.75, 3.05) is 13.1 Å². The van der Waals surface area contributed by atoms with Crippen LogP contribution < -0.4 is 0 Å². The van der Waals surface area contributed by atoms with Crippen molar-refractivity contribution in [2.24, 2.45) is 0 Å². The van der Waals surface area contributed by atoms with E-state index in [0.29, 0.717) is 18.9 Å². The van der Waals surface area contributed by atoms with Gasteiger partial charge in [-0.25, -0.2) is 4.98 Å². The van der Waals surface area contributed by atoms with Crippen molar-refractivity contribution in [1.82, 2.24) is 24.6 Å². The van der Waals surface area contributed by atoms with Crippen LogP contribution in [0.3, 0.4) is 0 Å². The summed E-state index contributed by atoms with van der Waals surface area (Å²) >= 11 is 0. The number of H-pyrrole nitrogens is 1. The van der Waals surface area contributed by atoms with Gasteiger partial charge < -0.3 is 9.47 Å². The van der Waals surface area contributed by atoms with E-state index in [0.717, 1.165) is 42.7 Å². The molecule has 24 heavy (non-hydrogen) atoms. The molecular weight excluding hydrogens is 302 g/mol. The summed E-state index contributed by atoms with van der Waals surface area (Å²) < 4.78 is 2.06. The molecule has 2 aromatic heterocycles. The summed E-state index contributed by atoms with van der Waals surface area (Å²) in [7, 11) is 0. The summed E-state index contributed by atoms with van der Waals surface area (Å²) in [6, 6.07) is 10.0. The van der Waals surface area contributed by atoms with Crippen molar-refractivity contribution < 1.29 is 4.79 Å². The Morgan fingerprint density at radius 2 is 2.21 bits per heavy atom. The number of para-hydroxylation sites is 2. The van der Waals surface area contributed by atoms with Crippen LogP contribution in [0.1, 0.15) is 30.9 Å². The fourth-order valence-electron chi connectivity index (χ4n) is 3.51. The molecule has 1 aromatic carbocycles. The minimum absolute atomic E-state index is 0.219. The SMILES string of the molecule is O=C(CCn1cnc2ccccc21)N1CCCC(c2ccn[nH]2)C1. The standard InChI is InChI=1S/C18H21N5O/c24-18(8-11-23-13-19-16-5-1-2-6-17(16)23)22-10-3-4-14(12-22)15-7-9-20-21-15/h1-2,5-7,9,13-14H,3-4,8,10-12H2,(H,20,21). The molecule has 1 N–H and O–H groups in total. The molecule has 1 unspecified atom stereocenters. The summed E-state index contributed by atoms with van der Waals surface area (Å²) in [4.78, 5) is 19.0. The van der Waals surface area contributed by atoms with E-state index in [1.165, 1.54) is 0 Å². The van der Waals surface area contributed by atoms with E-state index in [-0.39, 0.29) is 5.91 Å². The van der Waals surface area contributed by atoms with E-state index in [2.05, 4.69) is 19.7 Å². The molecule has 1 aliphatic rings. The third-order valence-electron chi connectivity index (χ3n) is 4.83. The first-order valence-electron chi connectivity index (χ1n) is 8.48. The van der Waals surface area contributed by atoms with Gasteiger partial charge in [0.2, 0.25) is 5.91 Å². The summed E-state index contributed by atoms with van der Waals surface area (Å²) in [5.41, 5.74) is 3.19. The number of carbonyl (C=O) groups is 1. The fraction of sp³-hybridized carbons (Fsp3) is 0.389. The Hall–Kier alpha value is -2.63. The summed E-state index contributed by atoms with van der Waals surface area (Å²) in [5.74, 6) is 0.594. The highest BCUT2D eigenvalue weighted by Gasteiger charge is 2.25. The van der Waals surface area contributed by atoms with Crippen LogP contribution in [-0.2, 0) is 11.3 Å². The summed E-state index contributed by atoms with van der Waals surface area (Å²) in [5, 5.41) is 7.07. The molecule has 4 rings (SSSR count). The number of hydrogen-bond acceptors (Lipinski definition) is 3. The number of fused-ring (bicyclic) bond motifs is 1. The van der Waals surface area contributed by atoms with Crippen LogP contribution in [0.4, 0.5) is 0 Å². The van der Waals surface area contributed by atoms with Crippen molar-refractivity contribution in [3.63, 3.8) is 0 Å². The lowest BCUT2D eigenvalue weighted by Crippen LogP contribution is -2.39. The molecule has 0 aliphatic carbocycles. The topological polar surface area (TPSA) is 66.8 Å². The van der Waals surface area contributed by atoms with Gasteiger partial charge in [0, 0.05) is 43.9 Å². The molecule has 124 valence electrons. The molecule has 0 saturated carbocycles. The number of amides is 1. The van der Waals surface area contributed by atoms with Gasteiger partial charge in [-0.1, -0.05) is 12.1 Å². The number of hydrogen-bond donors (Lipinski definition) is 1. The number of carbonyl (C=O) groups excluding carboxylic acids is 1. The smallest absolute Gasteiger partial charge is 0.224 e. The number of nitrogens with one attached hydrogen (secondary N) is 1. The number of aromatic nitrogens is 4. The number of benzene rings is 1. The Bertz CT molecular complexity index is 823. The Balaban J connectivity index is 1.39. The molecule has 1 saturated heterocycles. The zero-order chi connectivity index (χ0) is 16.4. The van der Waals surface area contributed by atoms with Crippen LogP contribution in [0.25, 0.3) is 11.0 Å². The average Bonchev–Trinajstić information content (AvgIpc) is 3.30. The Morgan fingerprint density at radius 3 is 3.08 bits per heavy atom. The number of likely N-dealkylation sites (tertiary alicyclic amines) is 1. The van der Waals surface area contributed by atoms with Gasteiger partial charge in [-0.2, -0.15) is 5.10 Å². The first kappa shape index (κ1) is 14.9. The lowest BCUT2D eigenvalue weighted by molar-refractivity contribution is -0.132. The molecule has 1 amide bonds. The molecule has 3 aromatic rings. The number of aryl methyl sites for hydroxylation is 1. The maximum absolute atomic E-state index is 12.6. The van der Waals surface area contributed by atoms with Crippen LogP contribution in [0.15, 0.2) is 42.9 Å². The van der Waals surface area contributed by atoms with Crippen molar-refractivity contribution in [3.05, 3.63) is 48.5 Å². The predicted octanol–water partition coefficient (Wildman–Crippen LogP) is 2.56. The Labute approximate surface area is 140 Å². The summed E-state index contributed by atoms with van der Waals surface area (Å²) in [6.45, 7) is 2.31. The van der Waals surface area contributed by atoms with Gasteiger partial charge in [0.05, 0.1) is 17.4 Å². The number of aromatic amines is 1. The second-order valence-corrected chi connectivity index (χ2v) is 6.37. The third-order valence-corrected chi connectivity index (χ3v) is 4.83. The highest BCUT2D eigenvalue weighted by Crippen LogP contribution is 2.25. The molecular formula is C18H21N5O. The second-order valence-electron chi connectivity index (χ2n) is 6.37. The molecule has 0 bridgehead atoms. The van der Waals surface area contributed by atoms with E-state index in [9.17, 15) is 4.79 Å². The highest BCUT2D eigenvalue weighted by atomic mass is 16.2. The zero-order valence-electron chi connectivity index (χ0n) is 13.6. The van der Waals surface area contributed by atoms with Gasteiger partial charge in [-0.05, 0) is 31.0 Å². The lowest BCUT2D eigenvalue weighted by Gasteiger charge is -2.32. The van der Waals surface area contributed by atoms with Crippen molar-refractivity contribution >= 4 is 16.9 Å². The zero-order valence-corrected chi connectivity index (χ0v) is 13.6. The minimum atomic E-state index is 0.219. The summed E-state index contributed by atoms with van der Waals surface area (Å²) in [6.07, 6.45) is 6.26. The Morgan fingerprint density at radius 1 is 1.29 bits per heavy atom. The van der Waals surface area contributed by atoms with Crippen LogP contribution in [0, 0.1) is 0 Å². The van der Waals surface area contributed by atoms with E-state index in [4.69, 9.17) is 0 Å². The minimum Gasteiger partial charge on any atom is -0.342 e. The molecule has 1 aliphatic heterocycles. The van der Waals surface area contributed by atoms with Crippen molar-refractivity contribution in [2.45, 2.75) is 31.7 Å². The number of imidazole rings is 1. The molecule has 6 nitrogen and oxygen atoms in total. The average molecular weight is 323 g/mol. The Kier molecular flexibility index (Phi) is 4.02. The maximum atomic E-state index is 12.6. The third kappa shape index (κ3) is 2.91. The largest absolute Gasteiger partial charge is 0.342 e. The molecule has 1 fully saturated rings. The highest BCUT2D eigenvalue weighted by molar-refractivity contribution is 5.77. The van der Waals surface area contributed by atoms with Gasteiger partial charge >= 0.3 is 0 Å². The first-order chi connectivity index (χ1) is 11.8. The number of piperidine rings is 1. The molecule has 6 heteroatoms. The van der Waals surface area contributed by atoms with Crippen molar-refractivity contribution in [3.8, 4) is 0 Å². The van der Waals surface area contributed by atoms with E-state index in [1.807, 2.05) is 41.6 Å². The van der Waals surface area contributed by atoms with Crippen LogP contribution in [0.5, 0.6) is 0 Å². The van der Waals surface area contributed by atoms with Gasteiger partial charge in [0.25, 0.3) is 0 Å². The molecule has 3 heterocycles. The molecule has 0 spiro atoms. The normalized spacial score (nSPS) is 18.2. The van der Waals surface area contributed by atoms with Crippen LogP contribution in [0.2, 0.25) is 0 Å². The maximum Gasteiger partial charge on any atom is 0.224 e. The van der Waals surface area contributed by atoms with Gasteiger partial charge in [0.15, 0.2) is 0 Å². The lowest BCUT2D eigenvalue weighted by atomic mass is 9.95. The van der Waals surface area contributed by atoms with Crippen LogP contribution in [-0.4, -0.2) is 43.6 Å². The van der Waals surface area contributed by atoms with Crippen molar-refractivity contribution in [1.29, 1.82) is 0 Å². The molecule has 0 radical (unpaired) electrons. The fourth-order valence-corrected chi connectivity index (χ4v) is 3.51. The first-order valence-corrected chi connectivity index (χ1v) is 8.48. The van der Waals surface area contributed by atoms with Crippen LogP contribution >= 0.6 is 0 Å². The quantitative estimate of drug-likeness (QED) is 0.802. The monoisotopic (exact) mass is 323 g/mol. The van der Waals surface area contributed by atoms with E-state index in [1.54, 1.807) is 6.20 Å². The number of rotatable bonds is 4. The van der Waals surface area contributed by atoms with E-state index < -0.39 is 0 Å². The van der Waals surface area contributed by atoms with Gasteiger partial charge in [0.1, 0.15) is 0 Å². The van der Waals surface area contributed by atoms with Gasteiger partial charge in [-0.3, -0.25) is 9.89 Å². The second kappa shape index (κ2) is 6.47. The molecule has 1 atom stereocenters. The predicted molar refractivity (Wildman–Crippen MR) is 91.5 cm³/mol. The van der Waals surface area contributed by atoms with E-state index >= 15 is 0 Å². The van der Waals surface area contributed by atoms with Gasteiger partial charge in [-0.15, -0.1) is 0 Å².